The fourth-order valence-corrected chi connectivity index (χ4v) is 4.94. The molecular formula is C25H22FN3O2S. The largest absolute Gasteiger partial charge is 0.480 e. The fourth-order valence-electron chi connectivity index (χ4n) is 3.97. The number of fused-ring (bicyclic) bond motifs is 1. The van der Waals surface area contributed by atoms with Gasteiger partial charge in [-0.2, -0.15) is 0 Å². The summed E-state index contributed by atoms with van der Waals surface area (Å²) in [5.41, 5.74) is 4.17. The standard InChI is InChI=1S/C25H22FN3O2S/c1-15(24(30)31)27-14-16-7-8-18(19(26)13-16)22-28-20-9-10-21(29-23(20)32-22)25(11-12-25)17-5-3-2-4-6-17/h2-10,13,15,27H,11-12,14H2,1H3,(H,30,31)/t15-/m1/s1. The molecule has 0 bridgehead atoms. The summed E-state index contributed by atoms with van der Waals surface area (Å²) in [6.07, 6.45) is 2.15. The molecule has 1 atom stereocenters. The third-order valence-electron chi connectivity index (χ3n) is 6.07. The van der Waals surface area contributed by atoms with Crippen molar-refractivity contribution in [3.63, 3.8) is 0 Å². The molecule has 0 unspecified atom stereocenters. The van der Waals surface area contributed by atoms with Crippen LogP contribution < -0.4 is 5.32 Å². The molecule has 0 amide bonds. The van der Waals surface area contributed by atoms with Crippen LogP contribution in [0.25, 0.3) is 20.9 Å². The number of thiazole rings is 1. The van der Waals surface area contributed by atoms with Crippen molar-refractivity contribution in [3.8, 4) is 10.6 Å². The molecule has 2 N–H and O–H groups in total. The minimum Gasteiger partial charge on any atom is -0.480 e. The number of carbonyl (C=O) groups is 1. The first-order valence-corrected chi connectivity index (χ1v) is 11.4. The number of benzene rings is 2. The van der Waals surface area contributed by atoms with E-state index in [9.17, 15) is 9.18 Å². The molecule has 0 radical (unpaired) electrons. The summed E-state index contributed by atoms with van der Waals surface area (Å²) in [6, 6.07) is 18.7. The molecular weight excluding hydrogens is 425 g/mol. The Morgan fingerprint density at radius 2 is 1.94 bits per heavy atom. The molecule has 2 aromatic heterocycles. The highest BCUT2D eigenvalue weighted by atomic mass is 32.1. The summed E-state index contributed by atoms with van der Waals surface area (Å²) in [5, 5.41) is 12.4. The number of halogens is 1. The second kappa shape index (κ2) is 8.07. The Labute approximate surface area is 189 Å². The maximum atomic E-state index is 14.8. The van der Waals surface area contributed by atoms with E-state index in [1.165, 1.54) is 23.0 Å². The molecule has 2 aromatic carbocycles. The lowest BCUT2D eigenvalue weighted by atomic mass is 9.92. The summed E-state index contributed by atoms with van der Waals surface area (Å²) in [4.78, 5) is 21.3. The highest BCUT2D eigenvalue weighted by molar-refractivity contribution is 7.21. The van der Waals surface area contributed by atoms with Crippen LogP contribution in [0.15, 0.2) is 60.7 Å². The predicted molar refractivity (Wildman–Crippen MR) is 123 cm³/mol. The first-order chi connectivity index (χ1) is 15.5. The lowest BCUT2D eigenvalue weighted by molar-refractivity contribution is -0.139. The number of pyridine rings is 1. The fraction of sp³-hybridized carbons (Fsp3) is 0.240. The van der Waals surface area contributed by atoms with E-state index in [1.807, 2.05) is 18.2 Å². The number of nitrogens with one attached hydrogen (secondary N) is 1. The van der Waals surface area contributed by atoms with E-state index in [0.717, 1.165) is 28.9 Å². The summed E-state index contributed by atoms with van der Waals surface area (Å²) in [5.74, 6) is -1.32. The summed E-state index contributed by atoms with van der Waals surface area (Å²) >= 11 is 1.39. The van der Waals surface area contributed by atoms with Crippen molar-refractivity contribution in [1.29, 1.82) is 0 Å². The Balaban J connectivity index is 1.42. The van der Waals surface area contributed by atoms with Gasteiger partial charge in [-0.3, -0.25) is 4.79 Å². The van der Waals surface area contributed by atoms with Crippen LogP contribution in [0, 0.1) is 5.82 Å². The number of nitrogens with zero attached hydrogens (tertiary/aromatic N) is 2. The minimum absolute atomic E-state index is 0.0212. The Kier molecular flexibility index (Phi) is 5.23. The maximum absolute atomic E-state index is 14.8. The van der Waals surface area contributed by atoms with Gasteiger partial charge in [0, 0.05) is 17.5 Å². The van der Waals surface area contributed by atoms with Gasteiger partial charge < -0.3 is 10.4 Å². The number of hydrogen-bond donors (Lipinski definition) is 2. The topological polar surface area (TPSA) is 75.1 Å². The predicted octanol–water partition coefficient (Wildman–Crippen LogP) is 5.14. The second-order valence-corrected chi connectivity index (χ2v) is 9.22. The summed E-state index contributed by atoms with van der Waals surface area (Å²) < 4.78 is 14.8. The zero-order valence-electron chi connectivity index (χ0n) is 17.5. The third kappa shape index (κ3) is 3.78. The van der Waals surface area contributed by atoms with Crippen LogP contribution in [-0.4, -0.2) is 27.1 Å². The molecule has 32 heavy (non-hydrogen) atoms. The molecule has 0 saturated heterocycles. The minimum atomic E-state index is -0.941. The monoisotopic (exact) mass is 447 g/mol. The number of aromatic nitrogens is 2. The van der Waals surface area contributed by atoms with Gasteiger partial charge in [0.05, 0.1) is 5.69 Å². The Hall–Kier alpha value is -3.16. The van der Waals surface area contributed by atoms with Gasteiger partial charge in [-0.05, 0) is 55.2 Å². The van der Waals surface area contributed by atoms with Crippen molar-refractivity contribution >= 4 is 27.7 Å². The van der Waals surface area contributed by atoms with E-state index < -0.39 is 12.0 Å². The van der Waals surface area contributed by atoms with Crippen LogP contribution in [0.5, 0.6) is 0 Å². The number of carboxylic acids is 1. The van der Waals surface area contributed by atoms with E-state index in [4.69, 9.17) is 10.1 Å². The number of carboxylic acid groups (broad SMARTS) is 1. The first kappa shape index (κ1) is 20.7. The van der Waals surface area contributed by atoms with Crippen LogP contribution in [0.4, 0.5) is 4.39 Å². The van der Waals surface area contributed by atoms with Gasteiger partial charge in [0.15, 0.2) is 0 Å². The van der Waals surface area contributed by atoms with Crippen LogP contribution in [0.3, 0.4) is 0 Å². The molecule has 0 aliphatic heterocycles. The van der Waals surface area contributed by atoms with Gasteiger partial charge in [0.1, 0.15) is 27.2 Å². The van der Waals surface area contributed by atoms with Crippen LogP contribution >= 0.6 is 11.3 Å². The molecule has 1 saturated carbocycles. The van der Waals surface area contributed by atoms with Gasteiger partial charge in [-0.25, -0.2) is 14.4 Å². The van der Waals surface area contributed by atoms with E-state index in [1.54, 1.807) is 19.1 Å². The van der Waals surface area contributed by atoms with Crippen molar-refractivity contribution in [2.75, 3.05) is 0 Å². The highest BCUT2D eigenvalue weighted by Crippen LogP contribution is 2.53. The van der Waals surface area contributed by atoms with Crippen molar-refractivity contribution in [3.05, 3.63) is 83.3 Å². The van der Waals surface area contributed by atoms with E-state index in [2.05, 4.69) is 34.6 Å². The van der Waals surface area contributed by atoms with E-state index >= 15 is 0 Å². The van der Waals surface area contributed by atoms with Gasteiger partial charge in [0.2, 0.25) is 0 Å². The van der Waals surface area contributed by atoms with Gasteiger partial charge in [0.25, 0.3) is 0 Å². The van der Waals surface area contributed by atoms with Crippen molar-refractivity contribution in [1.82, 2.24) is 15.3 Å². The average Bonchev–Trinajstić information content (AvgIpc) is 3.51. The third-order valence-corrected chi connectivity index (χ3v) is 7.07. The van der Waals surface area contributed by atoms with Gasteiger partial charge >= 0.3 is 5.97 Å². The summed E-state index contributed by atoms with van der Waals surface area (Å²) in [6.45, 7) is 1.83. The Morgan fingerprint density at radius 3 is 2.62 bits per heavy atom. The van der Waals surface area contributed by atoms with E-state index in [0.29, 0.717) is 16.1 Å². The summed E-state index contributed by atoms with van der Waals surface area (Å²) in [7, 11) is 0. The molecule has 0 spiro atoms. The van der Waals surface area contributed by atoms with Gasteiger partial charge in [-0.1, -0.05) is 47.7 Å². The molecule has 1 aliphatic carbocycles. The normalized spacial score (nSPS) is 15.6. The van der Waals surface area contributed by atoms with Gasteiger partial charge in [-0.15, -0.1) is 0 Å². The second-order valence-electron chi connectivity index (χ2n) is 8.24. The van der Waals surface area contributed by atoms with Crippen LogP contribution in [0.1, 0.15) is 36.6 Å². The number of hydrogen-bond acceptors (Lipinski definition) is 5. The molecule has 1 aliphatic rings. The average molecular weight is 448 g/mol. The SMILES string of the molecule is C[C@@H](NCc1ccc(-c2nc3ccc(C4(c5ccccc5)CC4)nc3s2)c(F)c1)C(=O)O. The van der Waals surface area contributed by atoms with Crippen molar-refractivity contribution < 1.29 is 14.3 Å². The van der Waals surface area contributed by atoms with Crippen LogP contribution in [0.2, 0.25) is 0 Å². The molecule has 5 rings (SSSR count). The number of rotatable bonds is 7. The highest BCUT2D eigenvalue weighted by Gasteiger charge is 2.47. The lowest BCUT2D eigenvalue weighted by Crippen LogP contribution is -2.33. The van der Waals surface area contributed by atoms with Crippen LogP contribution in [-0.2, 0) is 16.8 Å². The first-order valence-electron chi connectivity index (χ1n) is 10.5. The van der Waals surface area contributed by atoms with E-state index in [-0.39, 0.29) is 17.8 Å². The maximum Gasteiger partial charge on any atom is 0.320 e. The lowest BCUT2D eigenvalue weighted by Gasteiger charge is -2.14. The zero-order valence-corrected chi connectivity index (χ0v) is 18.3. The molecule has 1 fully saturated rings. The molecule has 7 heteroatoms. The Morgan fingerprint density at radius 1 is 1.16 bits per heavy atom. The molecule has 162 valence electrons. The smallest absolute Gasteiger partial charge is 0.320 e. The van der Waals surface area contributed by atoms with Crippen molar-refractivity contribution in [2.24, 2.45) is 0 Å². The Bertz CT molecular complexity index is 1300. The van der Waals surface area contributed by atoms with Crippen molar-refractivity contribution in [2.45, 2.75) is 37.8 Å². The zero-order chi connectivity index (χ0) is 22.3. The molecule has 5 nitrogen and oxygen atoms in total. The number of aliphatic carboxylic acids is 1. The molecule has 4 aromatic rings. The quantitative estimate of drug-likeness (QED) is 0.410. The molecule has 2 heterocycles.